The third kappa shape index (κ3) is 3.19. The summed E-state index contributed by atoms with van der Waals surface area (Å²) >= 11 is 3.03. The Morgan fingerprint density at radius 2 is 1.86 bits per heavy atom. The summed E-state index contributed by atoms with van der Waals surface area (Å²) in [6.45, 7) is 0. The first kappa shape index (κ1) is 15.0. The number of carbonyl (C=O) groups is 1. The molecule has 0 bridgehead atoms. The van der Waals surface area contributed by atoms with Gasteiger partial charge in [-0.2, -0.15) is 0 Å². The van der Waals surface area contributed by atoms with E-state index >= 15 is 0 Å². The van der Waals surface area contributed by atoms with Gasteiger partial charge in [-0.3, -0.25) is 4.79 Å². The Bertz CT molecular complexity index is 719. The molecular formula is C14H11BrFN3O2. The van der Waals surface area contributed by atoms with Crippen molar-refractivity contribution in [2.24, 2.45) is 10.9 Å². The highest BCUT2D eigenvalue weighted by Gasteiger charge is 2.15. The van der Waals surface area contributed by atoms with Crippen LogP contribution in [0.4, 0.5) is 10.1 Å². The standard InChI is InChI=1S/C14H11BrFN3O2/c15-12-9(5-3-6-10(12)16)14(20)18-11-7-2-1-4-8(11)13(17)19-21/h1-7,21H,(H2,17,19)(H,18,20). The maximum absolute atomic E-state index is 13.4. The number of nitrogens with two attached hydrogens (primary N) is 1. The van der Waals surface area contributed by atoms with E-state index in [1.54, 1.807) is 24.3 Å². The molecule has 2 aromatic rings. The Morgan fingerprint density at radius 1 is 1.19 bits per heavy atom. The number of carbonyl (C=O) groups excluding carboxylic acids is 1. The number of rotatable bonds is 3. The minimum atomic E-state index is -0.535. The number of anilines is 1. The summed E-state index contributed by atoms with van der Waals surface area (Å²) in [5, 5.41) is 14.2. The van der Waals surface area contributed by atoms with Crippen LogP contribution >= 0.6 is 15.9 Å². The van der Waals surface area contributed by atoms with E-state index in [1.165, 1.54) is 18.2 Å². The number of nitrogens with one attached hydrogen (secondary N) is 1. The Labute approximate surface area is 128 Å². The molecule has 0 saturated carbocycles. The van der Waals surface area contributed by atoms with Crippen LogP contribution in [0.25, 0.3) is 0 Å². The number of nitrogens with zero attached hydrogens (tertiary/aromatic N) is 1. The van der Waals surface area contributed by atoms with Gasteiger partial charge in [-0.25, -0.2) is 4.39 Å². The second-order valence-corrected chi connectivity index (χ2v) is 4.88. The van der Waals surface area contributed by atoms with Gasteiger partial charge in [0.05, 0.1) is 15.7 Å². The van der Waals surface area contributed by atoms with Crippen molar-refractivity contribution in [3.05, 3.63) is 63.9 Å². The highest BCUT2D eigenvalue weighted by Crippen LogP contribution is 2.22. The molecule has 0 unspecified atom stereocenters. The average Bonchev–Trinajstić information content (AvgIpc) is 2.49. The molecule has 2 rings (SSSR count). The summed E-state index contributed by atoms with van der Waals surface area (Å²) < 4.78 is 13.5. The lowest BCUT2D eigenvalue weighted by molar-refractivity contribution is 0.102. The van der Waals surface area contributed by atoms with Crippen LogP contribution in [0.5, 0.6) is 0 Å². The zero-order valence-corrected chi connectivity index (χ0v) is 12.3. The van der Waals surface area contributed by atoms with Crippen LogP contribution < -0.4 is 11.1 Å². The SMILES string of the molecule is N/C(=N/O)c1ccccc1NC(=O)c1cccc(F)c1Br. The summed E-state index contributed by atoms with van der Waals surface area (Å²) in [7, 11) is 0. The van der Waals surface area contributed by atoms with Crippen molar-refractivity contribution in [2.45, 2.75) is 0 Å². The first-order chi connectivity index (χ1) is 10.0. The summed E-state index contributed by atoms with van der Waals surface area (Å²) in [5.74, 6) is -1.18. The van der Waals surface area contributed by atoms with Crippen molar-refractivity contribution in [2.75, 3.05) is 5.32 Å². The van der Waals surface area contributed by atoms with Gasteiger partial charge in [-0.05, 0) is 40.2 Å². The van der Waals surface area contributed by atoms with Crippen molar-refractivity contribution in [3.8, 4) is 0 Å². The van der Waals surface area contributed by atoms with Crippen molar-refractivity contribution in [1.82, 2.24) is 0 Å². The fourth-order valence-corrected chi connectivity index (χ4v) is 2.18. The highest BCUT2D eigenvalue weighted by atomic mass is 79.9. The predicted octanol–water partition coefficient (Wildman–Crippen LogP) is 2.94. The van der Waals surface area contributed by atoms with Gasteiger partial charge in [0, 0.05) is 5.56 Å². The summed E-state index contributed by atoms with van der Waals surface area (Å²) in [5.41, 5.74) is 6.40. The summed E-state index contributed by atoms with van der Waals surface area (Å²) in [4.78, 5) is 12.2. The molecule has 0 spiro atoms. The van der Waals surface area contributed by atoms with Crippen molar-refractivity contribution < 1.29 is 14.4 Å². The molecule has 0 atom stereocenters. The van der Waals surface area contributed by atoms with Gasteiger partial charge in [-0.15, -0.1) is 0 Å². The van der Waals surface area contributed by atoms with Gasteiger partial charge in [0.1, 0.15) is 5.82 Å². The van der Waals surface area contributed by atoms with Gasteiger partial charge in [0.15, 0.2) is 5.84 Å². The fourth-order valence-electron chi connectivity index (χ4n) is 1.74. The van der Waals surface area contributed by atoms with E-state index in [2.05, 4.69) is 26.4 Å². The zero-order chi connectivity index (χ0) is 15.4. The summed E-state index contributed by atoms with van der Waals surface area (Å²) in [6.07, 6.45) is 0. The van der Waals surface area contributed by atoms with Crippen LogP contribution in [-0.2, 0) is 0 Å². The first-order valence-electron chi connectivity index (χ1n) is 5.87. The van der Waals surface area contributed by atoms with Crippen LogP contribution in [0.1, 0.15) is 15.9 Å². The van der Waals surface area contributed by atoms with Gasteiger partial charge >= 0.3 is 0 Å². The largest absolute Gasteiger partial charge is 0.409 e. The van der Waals surface area contributed by atoms with Crippen molar-refractivity contribution >= 4 is 33.4 Å². The van der Waals surface area contributed by atoms with Gasteiger partial charge in [-0.1, -0.05) is 23.4 Å². The molecule has 0 radical (unpaired) electrons. The van der Waals surface area contributed by atoms with Crippen LogP contribution in [0.2, 0.25) is 0 Å². The number of benzene rings is 2. The smallest absolute Gasteiger partial charge is 0.256 e. The number of oxime groups is 1. The van der Waals surface area contributed by atoms with Crippen molar-refractivity contribution in [1.29, 1.82) is 0 Å². The second kappa shape index (κ2) is 6.36. The molecule has 4 N–H and O–H groups in total. The van der Waals surface area contributed by atoms with E-state index in [0.29, 0.717) is 11.3 Å². The normalized spacial score (nSPS) is 11.2. The molecule has 21 heavy (non-hydrogen) atoms. The van der Waals surface area contributed by atoms with E-state index in [9.17, 15) is 9.18 Å². The average molecular weight is 352 g/mol. The Morgan fingerprint density at radius 3 is 2.57 bits per heavy atom. The highest BCUT2D eigenvalue weighted by molar-refractivity contribution is 9.10. The maximum Gasteiger partial charge on any atom is 0.256 e. The summed E-state index contributed by atoms with van der Waals surface area (Å²) in [6, 6.07) is 10.7. The third-order valence-corrected chi connectivity index (χ3v) is 3.56. The Hall–Kier alpha value is -2.41. The Balaban J connectivity index is 2.35. The topological polar surface area (TPSA) is 87.7 Å². The number of para-hydroxylation sites is 1. The molecule has 0 aliphatic carbocycles. The van der Waals surface area contributed by atoms with Gasteiger partial charge in [0.25, 0.3) is 5.91 Å². The molecule has 7 heteroatoms. The molecule has 0 saturated heterocycles. The number of amides is 1. The lowest BCUT2D eigenvalue weighted by Crippen LogP contribution is -2.19. The van der Waals surface area contributed by atoms with Crippen LogP contribution in [-0.4, -0.2) is 17.0 Å². The van der Waals surface area contributed by atoms with E-state index < -0.39 is 11.7 Å². The number of hydrogen-bond acceptors (Lipinski definition) is 3. The molecule has 1 amide bonds. The van der Waals surface area contributed by atoms with Crippen LogP contribution in [0, 0.1) is 5.82 Å². The molecule has 0 fully saturated rings. The van der Waals surface area contributed by atoms with E-state index in [-0.39, 0.29) is 15.9 Å². The molecular weight excluding hydrogens is 341 g/mol. The molecule has 0 aliphatic rings. The molecule has 108 valence electrons. The Kier molecular flexibility index (Phi) is 4.54. The molecule has 5 nitrogen and oxygen atoms in total. The lowest BCUT2D eigenvalue weighted by Gasteiger charge is -2.11. The molecule has 2 aromatic carbocycles. The molecule has 0 aliphatic heterocycles. The molecule has 0 heterocycles. The zero-order valence-electron chi connectivity index (χ0n) is 10.7. The minimum Gasteiger partial charge on any atom is -0.409 e. The quantitative estimate of drug-likeness (QED) is 0.344. The number of halogens is 2. The minimum absolute atomic E-state index is 0.0729. The van der Waals surface area contributed by atoms with E-state index in [0.717, 1.165) is 0 Å². The number of hydrogen-bond donors (Lipinski definition) is 3. The monoisotopic (exact) mass is 351 g/mol. The predicted molar refractivity (Wildman–Crippen MR) is 81.0 cm³/mol. The maximum atomic E-state index is 13.4. The van der Waals surface area contributed by atoms with Crippen LogP contribution in [0.3, 0.4) is 0 Å². The van der Waals surface area contributed by atoms with E-state index in [1.807, 2.05) is 0 Å². The lowest BCUT2D eigenvalue weighted by atomic mass is 10.1. The second-order valence-electron chi connectivity index (χ2n) is 4.09. The van der Waals surface area contributed by atoms with Gasteiger partial charge in [0.2, 0.25) is 0 Å². The van der Waals surface area contributed by atoms with Crippen molar-refractivity contribution in [3.63, 3.8) is 0 Å². The first-order valence-corrected chi connectivity index (χ1v) is 6.66. The van der Waals surface area contributed by atoms with E-state index in [4.69, 9.17) is 10.9 Å². The van der Waals surface area contributed by atoms with Crippen LogP contribution in [0.15, 0.2) is 52.1 Å². The third-order valence-electron chi connectivity index (χ3n) is 2.76. The number of amidine groups is 1. The van der Waals surface area contributed by atoms with Gasteiger partial charge < -0.3 is 16.3 Å². The molecule has 0 aromatic heterocycles. The fraction of sp³-hybridized carbons (Fsp3) is 0.